The van der Waals surface area contributed by atoms with E-state index in [0.717, 1.165) is 12.3 Å². The summed E-state index contributed by atoms with van der Waals surface area (Å²) in [5, 5.41) is 2.80. The topological polar surface area (TPSA) is 46.2 Å². The molecule has 0 spiro atoms. The minimum Gasteiger partial charge on any atom is -0.376 e. The van der Waals surface area contributed by atoms with Crippen LogP contribution < -0.4 is 5.32 Å². The molecular weight excluding hydrogens is 296 g/mol. The highest BCUT2D eigenvalue weighted by Gasteiger charge is 2.15. The zero-order valence-corrected chi connectivity index (χ0v) is 12.4. The third kappa shape index (κ3) is 3.58. The Labute approximate surface area is 122 Å². The van der Waals surface area contributed by atoms with Crippen LogP contribution in [0.15, 0.2) is 47.4 Å². The van der Waals surface area contributed by atoms with Crippen molar-refractivity contribution in [2.45, 2.75) is 17.9 Å². The van der Waals surface area contributed by atoms with Crippen molar-refractivity contribution in [3.63, 3.8) is 0 Å². The molecule has 0 saturated carbocycles. The van der Waals surface area contributed by atoms with Crippen LogP contribution in [0.2, 0.25) is 0 Å². The fourth-order valence-electron chi connectivity index (χ4n) is 1.98. The molecule has 0 aromatic heterocycles. The maximum Gasteiger partial charge on any atom is 0.175 e. The molecule has 1 N–H and O–H groups in total. The van der Waals surface area contributed by atoms with Gasteiger partial charge >= 0.3 is 0 Å². The zero-order valence-electron chi connectivity index (χ0n) is 11.6. The van der Waals surface area contributed by atoms with Crippen LogP contribution >= 0.6 is 0 Å². The van der Waals surface area contributed by atoms with Crippen molar-refractivity contribution in [2.75, 3.05) is 11.6 Å². The lowest BCUT2D eigenvalue weighted by Gasteiger charge is -2.17. The van der Waals surface area contributed by atoms with Crippen LogP contribution in [0.3, 0.4) is 0 Å². The lowest BCUT2D eigenvalue weighted by molar-refractivity contribution is 0.594. The summed E-state index contributed by atoms with van der Waals surface area (Å²) in [6.07, 6.45) is 1.05. The lowest BCUT2D eigenvalue weighted by Crippen LogP contribution is -2.10. The third-order valence-corrected chi connectivity index (χ3v) is 4.22. The van der Waals surface area contributed by atoms with E-state index in [1.165, 1.54) is 18.2 Å². The van der Waals surface area contributed by atoms with Gasteiger partial charge < -0.3 is 5.32 Å². The number of hydrogen-bond acceptors (Lipinski definition) is 3. The molecule has 1 atom stereocenters. The van der Waals surface area contributed by atoms with Crippen LogP contribution in [0.1, 0.15) is 18.5 Å². The van der Waals surface area contributed by atoms with E-state index >= 15 is 0 Å². The van der Waals surface area contributed by atoms with Gasteiger partial charge in [0.15, 0.2) is 9.84 Å². The molecule has 0 aliphatic rings. The first-order valence-electron chi connectivity index (χ1n) is 6.29. The smallest absolute Gasteiger partial charge is 0.175 e. The number of benzene rings is 2. The van der Waals surface area contributed by atoms with Crippen LogP contribution in [-0.4, -0.2) is 14.7 Å². The molecule has 0 saturated heterocycles. The number of halogens is 2. The van der Waals surface area contributed by atoms with Gasteiger partial charge in [0.25, 0.3) is 0 Å². The van der Waals surface area contributed by atoms with Crippen LogP contribution in [-0.2, 0) is 9.84 Å². The Morgan fingerprint density at radius 3 is 2.33 bits per heavy atom. The van der Waals surface area contributed by atoms with E-state index in [4.69, 9.17) is 0 Å². The Morgan fingerprint density at radius 1 is 1.05 bits per heavy atom. The van der Waals surface area contributed by atoms with E-state index in [2.05, 4.69) is 5.32 Å². The van der Waals surface area contributed by atoms with Crippen molar-refractivity contribution in [1.82, 2.24) is 0 Å². The van der Waals surface area contributed by atoms with Crippen molar-refractivity contribution in [3.05, 3.63) is 59.7 Å². The maximum atomic E-state index is 13.8. The van der Waals surface area contributed by atoms with Gasteiger partial charge in [-0.1, -0.05) is 18.2 Å². The fraction of sp³-hybridized carbons (Fsp3) is 0.200. The fourth-order valence-corrected chi connectivity index (χ4v) is 2.63. The number of anilines is 1. The highest BCUT2D eigenvalue weighted by atomic mass is 32.2. The molecule has 0 fully saturated rings. The van der Waals surface area contributed by atoms with Gasteiger partial charge in [-0.2, -0.15) is 0 Å². The summed E-state index contributed by atoms with van der Waals surface area (Å²) in [5.41, 5.74) is 0.398. The summed E-state index contributed by atoms with van der Waals surface area (Å²) >= 11 is 0. The Kier molecular flexibility index (Phi) is 4.27. The van der Waals surface area contributed by atoms with Gasteiger partial charge in [-0.25, -0.2) is 17.2 Å². The van der Waals surface area contributed by atoms with Crippen LogP contribution in [0, 0.1) is 11.6 Å². The summed E-state index contributed by atoms with van der Waals surface area (Å²) in [6.45, 7) is 1.67. The van der Waals surface area contributed by atoms with Crippen molar-refractivity contribution >= 4 is 15.5 Å². The number of hydrogen-bond donors (Lipinski definition) is 1. The van der Waals surface area contributed by atoms with E-state index in [-0.39, 0.29) is 10.6 Å². The minimum absolute atomic E-state index is 0.00661. The van der Waals surface area contributed by atoms with Gasteiger partial charge in [-0.15, -0.1) is 0 Å². The van der Waals surface area contributed by atoms with Crippen LogP contribution in [0.25, 0.3) is 0 Å². The van der Waals surface area contributed by atoms with Crippen molar-refractivity contribution in [3.8, 4) is 0 Å². The van der Waals surface area contributed by atoms with E-state index in [9.17, 15) is 17.2 Å². The van der Waals surface area contributed by atoms with Gasteiger partial charge in [-0.3, -0.25) is 0 Å². The molecule has 0 heterocycles. The first-order valence-corrected chi connectivity index (χ1v) is 8.19. The highest BCUT2D eigenvalue weighted by molar-refractivity contribution is 7.90. The first kappa shape index (κ1) is 15.4. The second-order valence-electron chi connectivity index (χ2n) is 4.80. The predicted molar refractivity (Wildman–Crippen MR) is 77.9 cm³/mol. The van der Waals surface area contributed by atoms with E-state index in [1.54, 1.807) is 25.1 Å². The summed E-state index contributed by atoms with van der Waals surface area (Å²) in [7, 11) is -3.43. The zero-order chi connectivity index (χ0) is 15.6. The SMILES string of the molecule is CC(Nc1cc(S(C)(=O)=O)ccc1F)c1ccccc1F. The van der Waals surface area contributed by atoms with Crippen molar-refractivity contribution in [1.29, 1.82) is 0 Å². The van der Waals surface area contributed by atoms with E-state index in [1.807, 2.05) is 0 Å². The molecule has 1 unspecified atom stereocenters. The largest absolute Gasteiger partial charge is 0.376 e. The molecule has 2 aromatic carbocycles. The van der Waals surface area contributed by atoms with Gasteiger partial charge in [-0.05, 0) is 31.2 Å². The Balaban J connectivity index is 2.33. The minimum atomic E-state index is -3.43. The number of sulfone groups is 1. The molecule has 6 heteroatoms. The molecule has 2 aromatic rings. The average Bonchev–Trinajstić information content (AvgIpc) is 2.40. The monoisotopic (exact) mass is 311 g/mol. The Bertz CT molecular complexity index is 760. The Morgan fingerprint density at radius 2 is 1.71 bits per heavy atom. The quantitative estimate of drug-likeness (QED) is 0.879. The Hall–Kier alpha value is -1.95. The standard InChI is InChI=1S/C15H15F2NO2S/c1-10(12-5-3-4-6-13(12)16)18-15-9-11(21(2,19)20)7-8-14(15)17/h3-10,18H,1-2H3. The average molecular weight is 311 g/mol. The molecule has 112 valence electrons. The second-order valence-corrected chi connectivity index (χ2v) is 6.82. The summed E-state index contributed by atoms with van der Waals surface area (Å²) < 4.78 is 50.5. The molecule has 0 radical (unpaired) electrons. The second kappa shape index (κ2) is 5.81. The first-order chi connectivity index (χ1) is 9.79. The highest BCUT2D eigenvalue weighted by Crippen LogP contribution is 2.25. The molecule has 3 nitrogen and oxygen atoms in total. The molecule has 2 rings (SSSR count). The summed E-state index contributed by atoms with van der Waals surface area (Å²) in [5.74, 6) is -0.997. The molecule has 0 amide bonds. The number of nitrogens with one attached hydrogen (secondary N) is 1. The van der Waals surface area contributed by atoms with Crippen molar-refractivity contribution < 1.29 is 17.2 Å². The van der Waals surface area contributed by atoms with E-state index < -0.39 is 27.5 Å². The maximum absolute atomic E-state index is 13.8. The van der Waals surface area contributed by atoms with Crippen LogP contribution in [0.4, 0.5) is 14.5 Å². The van der Waals surface area contributed by atoms with Gasteiger partial charge in [0.05, 0.1) is 16.6 Å². The molecule has 21 heavy (non-hydrogen) atoms. The predicted octanol–water partition coefficient (Wildman–Crippen LogP) is 3.54. The number of rotatable bonds is 4. The lowest BCUT2D eigenvalue weighted by atomic mass is 10.1. The molecule has 0 aliphatic heterocycles. The van der Waals surface area contributed by atoms with Gasteiger partial charge in [0, 0.05) is 11.8 Å². The van der Waals surface area contributed by atoms with Gasteiger partial charge in [0.1, 0.15) is 11.6 Å². The van der Waals surface area contributed by atoms with Crippen LogP contribution in [0.5, 0.6) is 0 Å². The molecule has 0 bridgehead atoms. The summed E-state index contributed by atoms with van der Waals surface area (Å²) in [6, 6.07) is 9.13. The van der Waals surface area contributed by atoms with E-state index in [0.29, 0.717) is 5.56 Å². The van der Waals surface area contributed by atoms with Crippen molar-refractivity contribution in [2.24, 2.45) is 0 Å². The summed E-state index contributed by atoms with van der Waals surface area (Å²) in [4.78, 5) is 0.00661. The molecular formula is C15H15F2NO2S. The molecule has 0 aliphatic carbocycles. The third-order valence-electron chi connectivity index (χ3n) is 3.11. The normalized spacial score (nSPS) is 13.0. The van der Waals surface area contributed by atoms with Gasteiger partial charge in [0.2, 0.25) is 0 Å².